The van der Waals surface area contributed by atoms with Crippen LogP contribution in [-0.2, 0) is 4.79 Å². The molecule has 0 atom stereocenters. The van der Waals surface area contributed by atoms with Crippen molar-refractivity contribution in [2.24, 2.45) is 0 Å². The quantitative estimate of drug-likeness (QED) is 0.445. The minimum absolute atomic E-state index is 0.0892. The van der Waals surface area contributed by atoms with E-state index < -0.39 is 20.5 Å². The van der Waals surface area contributed by atoms with Crippen molar-refractivity contribution in [3.8, 4) is 0 Å². The number of rotatable bonds is 7. The van der Waals surface area contributed by atoms with E-state index in [4.69, 9.17) is 0 Å². The summed E-state index contributed by atoms with van der Waals surface area (Å²) in [6, 6.07) is 6.48. The number of amides is 1. The first kappa shape index (κ1) is 17.8. The van der Waals surface area contributed by atoms with E-state index in [2.05, 4.69) is 5.32 Å². The van der Waals surface area contributed by atoms with Crippen LogP contribution in [0.4, 0.5) is 22.7 Å². The highest BCUT2D eigenvalue weighted by Gasteiger charge is 2.21. The molecule has 2 aromatic carbocycles. The lowest BCUT2D eigenvalue weighted by Crippen LogP contribution is -1.98. The maximum absolute atomic E-state index is 11.1. The maximum Gasteiger partial charge on any atom is 0.283 e. The van der Waals surface area contributed by atoms with Crippen molar-refractivity contribution >= 4 is 40.9 Å². The summed E-state index contributed by atoms with van der Waals surface area (Å²) >= 11 is 0.700. The number of carbonyl (C=O) groups excluding carboxylic acids is 1. The molecule has 0 saturated carbocycles. The molecule has 0 aliphatic heterocycles. The van der Waals surface area contributed by atoms with Crippen LogP contribution >= 0.6 is 11.8 Å². The largest absolute Gasteiger partial charge is 0.328 e. The van der Waals surface area contributed by atoms with Crippen LogP contribution in [0.15, 0.2) is 46.2 Å². The van der Waals surface area contributed by atoms with Crippen LogP contribution in [0.2, 0.25) is 0 Å². The van der Waals surface area contributed by atoms with Gasteiger partial charge < -0.3 is 5.32 Å². The Balaban J connectivity index is 2.57. The van der Waals surface area contributed by atoms with Gasteiger partial charge in [-0.05, 0) is 6.07 Å². The summed E-state index contributed by atoms with van der Waals surface area (Å²) < 4.78 is 0. The van der Waals surface area contributed by atoms with Gasteiger partial charge in [-0.3, -0.25) is 35.1 Å². The first-order chi connectivity index (χ1) is 11.8. The number of anilines is 1. The summed E-state index contributed by atoms with van der Waals surface area (Å²) in [7, 11) is 0. The Kier molecular flexibility index (Phi) is 5.24. The highest BCUT2D eigenvalue weighted by molar-refractivity contribution is 7.99. The lowest BCUT2D eigenvalue weighted by molar-refractivity contribution is -0.391. The number of benzene rings is 2. The van der Waals surface area contributed by atoms with Crippen LogP contribution in [-0.4, -0.2) is 21.2 Å². The van der Waals surface area contributed by atoms with E-state index in [1.807, 2.05) is 0 Å². The highest BCUT2D eigenvalue weighted by Crippen LogP contribution is 2.41. The monoisotopic (exact) mass is 364 g/mol. The van der Waals surface area contributed by atoms with Crippen molar-refractivity contribution < 1.29 is 19.6 Å². The Bertz CT molecular complexity index is 887. The molecule has 25 heavy (non-hydrogen) atoms. The fourth-order valence-corrected chi connectivity index (χ4v) is 2.94. The van der Waals surface area contributed by atoms with Crippen LogP contribution in [0.5, 0.6) is 0 Å². The summed E-state index contributed by atoms with van der Waals surface area (Å²) in [6.45, 7) is 0. The zero-order valence-corrected chi connectivity index (χ0v) is 13.0. The number of carbonyl (C=O) groups is 1. The number of nitro benzene ring substituents is 3. The fourth-order valence-electron chi connectivity index (χ4n) is 1.86. The van der Waals surface area contributed by atoms with Gasteiger partial charge in [0, 0.05) is 35.2 Å². The predicted octanol–water partition coefficient (Wildman–Crippen LogP) is 3.13. The van der Waals surface area contributed by atoms with Crippen LogP contribution in [0.1, 0.15) is 0 Å². The van der Waals surface area contributed by atoms with Gasteiger partial charge in [0.25, 0.3) is 17.1 Å². The van der Waals surface area contributed by atoms with Gasteiger partial charge in [-0.15, -0.1) is 0 Å². The average molecular weight is 364 g/mol. The Hall–Kier alpha value is -3.54. The summed E-state index contributed by atoms with van der Waals surface area (Å²) in [5.41, 5.74) is -0.902. The van der Waals surface area contributed by atoms with Crippen molar-refractivity contribution in [3.05, 3.63) is 66.7 Å². The molecule has 11 nitrogen and oxygen atoms in total. The molecule has 0 bridgehead atoms. The highest BCUT2D eigenvalue weighted by atomic mass is 32.2. The van der Waals surface area contributed by atoms with Crippen molar-refractivity contribution in [1.29, 1.82) is 0 Å². The summed E-state index contributed by atoms with van der Waals surface area (Å²) in [5.74, 6) is 0. The zero-order valence-electron chi connectivity index (χ0n) is 12.1. The number of hydrogen-bond acceptors (Lipinski definition) is 8. The minimum Gasteiger partial charge on any atom is -0.328 e. The van der Waals surface area contributed by atoms with E-state index in [-0.39, 0.29) is 26.9 Å². The Morgan fingerprint density at radius 3 is 1.92 bits per heavy atom. The predicted molar refractivity (Wildman–Crippen MR) is 86.7 cm³/mol. The maximum atomic E-state index is 11.1. The Morgan fingerprint density at radius 2 is 1.40 bits per heavy atom. The normalized spacial score (nSPS) is 10.1. The Labute approximate surface area is 143 Å². The number of hydrogen-bond donors (Lipinski definition) is 1. The van der Waals surface area contributed by atoms with Crippen LogP contribution in [0, 0.1) is 30.3 Å². The molecule has 12 heteroatoms. The zero-order chi connectivity index (χ0) is 18.6. The van der Waals surface area contributed by atoms with Crippen molar-refractivity contribution in [2.45, 2.75) is 9.79 Å². The topological polar surface area (TPSA) is 159 Å². The van der Waals surface area contributed by atoms with Crippen LogP contribution in [0.3, 0.4) is 0 Å². The van der Waals surface area contributed by atoms with Crippen LogP contribution in [0.25, 0.3) is 0 Å². The molecular weight excluding hydrogens is 356 g/mol. The standard InChI is InChI=1S/C13H8N4O7S/c18-7-14-10-3-1-8(15(19)20)5-12(10)25-13-6-9(16(21)22)2-4-11(13)17(23)24/h1-7H,(H,14,18). The molecule has 1 N–H and O–H groups in total. The second kappa shape index (κ2) is 7.35. The van der Waals surface area contributed by atoms with E-state index in [1.54, 1.807) is 0 Å². The molecule has 0 aliphatic carbocycles. The second-order valence-electron chi connectivity index (χ2n) is 4.47. The first-order valence-electron chi connectivity index (χ1n) is 6.42. The van der Waals surface area contributed by atoms with Gasteiger partial charge in [0.2, 0.25) is 6.41 Å². The third-order valence-electron chi connectivity index (χ3n) is 2.96. The smallest absolute Gasteiger partial charge is 0.283 e. The number of nitro groups is 3. The molecule has 2 aromatic rings. The van der Waals surface area contributed by atoms with Gasteiger partial charge in [0.15, 0.2) is 0 Å². The van der Waals surface area contributed by atoms with Gasteiger partial charge in [-0.2, -0.15) is 0 Å². The van der Waals surface area contributed by atoms with Gasteiger partial charge in [-0.1, -0.05) is 11.8 Å². The van der Waals surface area contributed by atoms with Gasteiger partial charge >= 0.3 is 0 Å². The van der Waals surface area contributed by atoms with Gasteiger partial charge in [-0.25, -0.2) is 0 Å². The molecule has 0 spiro atoms. The lowest BCUT2D eigenvalue weighted by Gasteiger charge is -2.08. The first-order valence-corrected chi connectivity index (χ1v) is 7.24. The molecule has 0 unspecified atom stereocenters. The average Bonchev–Trinajstić information content (AvgIpc) is 2.56. The molecule has 128 valence electrons. The molecule has 0 fully saturated rings. The van der Waals surface area contributed by atoms with E-state index in [1.165, 1.54) is 6.07 Å². The Morgan fingerprint density at radius 1 is 0.840 bits per heavy atom. The molecule has 0 radical (unpaired) electrons. The second-order valence-corrected chi connectivity index (χ2v) is 5.55. The molecule has 0 saturated heterocycles. The molecular formula is C13H8N4O7S. The SMILES string of the molecule is O=CNc1ccc([N+](=O)[O-])cc1Sc1cc([N+](=O)[O-])ccc1[N+](=O)[O-]. The summed E-state index contributed by atoms with van der Waals surface area (Å²) in [4.78, 5) is 41.5. The minimum atomic E-state index is -0.726. The number of non-ortho nitro benzene ring substituents is 2. The molecule has 0 heterocycles. The molecule has 1 amide bonds. The van der Waals surface area contributed by atoms with E-state index in [9.17, 15) is 35.1 Å². The third kappa shape index (κ3) is 4.06. The summed E-state index contributed by atoms with van der Waals surface area (Å²) in [5, 5.41) is 35.2. The summed E-state index contributed by atoms with van der Waals surface area (Å²) in [6.07, 6.45) is 0.340. The van der Waals surface area contributed by atoms with E-state index >= 15 is 0 Å². The lowest BCUT2D eigenvalue weighted by atomic mass is 10.3. The van der Waals surface area contributed by atoms with Crippen molar-refractivity contribution in [1.82, 2.24) is 0 Å². The number of nitrogens with one attached hydrogen (secondary N) is 1. The van der Waals surface area contributed by atoms with Crippen LogP contribution < -0.4 is 5.32 Å². The number of nitrogens with zero attached hydrogens (tertiary/aromatic N) is 3. The van der Waals surface area contributed by atoms with E-state index in [0.29, 0.717) is 18.2 Å². The molecule has 2 rings (SSSR count). The fraction of sp³-hybridized carbons (Fsp3) is 0. The van der Waals surface area contributed by atoms with Crippen molar-refractivity contribution in [2.75, 3.05) is 5.32 Å². The third-order valence-corrected chi connectivity index (χ3v) is 4.07. The van der Waals surface area contributed by atoms with Gasteiger partial charge in [0.1, 0.15) is 0 Å². The van der Waals surface area contributed by atoms with Crippen molar-refractivity contribution in [3.63, 3.8) is 0 Å². The molecule has 0 aliphatic rings. The van der Waals surface area contributed by atoms with E-state index in [0.717, 1.165) is 30.3 Å². The molecule has 0 aromatic heterocycles. The van der Waals surface area contributed by atoms with Gasteiger partial charge in [0.05, 0.1) is 25.4 Å².